The molecule has 2 nitrogen and oxygen atoms in total. The summed E-state index contributed by atoms with van der Waals surface area (Å²) in [4.78, 5) is 5.40. The van der Waals surface area contributed by atoms with Gasteiger partial charge in [-0.1, -0.05) is 0 Å². The number of unbranched alkanes of at least 4 members (excludes halogenated alkanes) is 2. The third-order valence-electron chi connectivity index (χ3n) is 7.68. The molecule has 0 amide bonds. The van der Waals surface area contributed by atoms with Crippen molar-refractivity contribution in [1.29, 1.82) is 0 Å². The molecule has 0 unspecified atom stereocenters. The van der Waals surface area contributed by atoms with Crippen LogP contribution in [-0.4, -0.2) is 91.4 Å². The summed E-state index contributed by atoms with van der Waals surface area (Å²) in [7, 11) is 0. The molecular formula is C26H56In2N2. The first kappa shape index (κ1) is 29.7. The molecule has 2 saturated heterocycles. The summed E-state index contributed by atoms with van der Waals surface area (Å²) >= 11 is -2.04. The fourth-order valence-corrected chi connectivity index (χ4v) is 23.7. The van der Waals surface area contributed by atoms with Crippen LogP contribution in [0.25, 0.3) is 0 Å². The van der Waals surface area contributed by atoms with Crippen LogP contribution in [0.1, 0.15) is 92.9 Å². The van der Waals surface area contributed by atoms with E-state index in [0.29, 0.717) is 0 Å². The minimum atomic E-state index is -1.05. The van der Waals surface area contributed by atoms with Gasteiger partial charge in [0.1, 0.15) is 0 Å². The van der Waals surface area contributed by atoms with Crippen molar-refractivity contribution in [3.8, 4) is 0 Å². The van der Waals surface area contributed by atoms with Gasteiger partial charge in [-0.25, -0.2) is 0 Å². The molecule has 0 saturated carbocycles. The fraction of sp³-hybridized carbons (Fsp3) is 1.00. The quantitative estimate of drug-likeness (QED) is 0.274. The van der Waals surface area contributed by atoms with E-state index in [1.807, 2.05) is 0 Å². The van der Waals surface area contributed by atoms with Crippen molar-refractivity contribution in [3.05, 3.63) is 0 Å². The molecule has 0 bridgehead atoms. The van der Waals surface area contributed by atoms with Gasteiger partial charge in [0.15, 0.2) is 0 Å². The Balaban J connectivity index is 0.000000303. The van der Waals surface area contributed by atoms with Crippen LogP contribution in [0.15, 0.2) is 0 Å². The van der Waals surface area contributed by atoms with Crippen LogP contribution in [-0.2, 0) is 0 Å². The van der Waals surface area contributed by atoms with E-state index >= 15 is 0 Å². The monoisotopic (exact) mass is 626 g/mol. The molecular weight excluding hydrogens is 570 g/mol. The van der Waals surface area contributed by atoms with E-state index in [-0.39, 0.29) is 0 Å². The summed E-state index contributed by atoms with van der Waals surface area (Å²) in [6.07, 6.45) is 11.8. The first-order valence-corrected chi connectivity index (χ1v) is 27.5. The molecule has 0 radical (unpaired) electrons. The molecule has 0 aromatic heterocycles. The normalized spacial score (nSPS) is 20.4. The number of nitrogens with zero attached hydrogens (tertiary/aromatic N) is 2. The Hall–Kier alpha value is 1.66. The van der Waals surface area contributed by atoms with Crippen LogP contribution in [0.3, 0.4) is 0 Å². The molecule has 2 aliphatic rings. The van der Waals surface area contributed by atoms with E-state index in [4.69, 9.17) is 0 Å². The average Bonchev–Trinajstić information content (AvgIpc) is 2.66. The van der Waals surface area contributed by atoms with Crippen molar-refractivity contribution in [2.24, 2.45) is 0 Å². The molecule has 2 rings (SSSR count). The maximum atomic E-state index is 2.73. The molecule has 0 spiro atoms. The van der Waals surface area contributed by atoms with E-state index in [1.165, 1.54) is 77.7 Å². The van der Waals surface area contributed by atoms with Crippen LogP contribution in [0, 0.1) is 0 Å². The van der Waals surface area contributed by atoms with Crippen molar-refractivity contribution in [2.45, 2.75) is 124 Å². The average molecular weight is 626 g/mol. The van der Waals surface area contributed by atoms with Crippen LogP contribution in [0.2, 0.25) is 24.6 Å². The number of rotatable bonds is 8. The van der Waals surface area contributed by atoms with Gasteiger partial charge in [-0.2, -0.15) is 0 Å². The fourth-order valence-electron chi connectivity index (χ4n) is 5.40. The van der Waals surface area contributed by atoms with Gasteiger partial charge in [0.25, 0.3) is 0 Å². The van der Waals surface area contributed by atoms with Crippen LogP contribution < -0.4 is 0 Å². The van der Waals surface area contributed by atoms with Crippen LogP contribution >= 0.6 is 0 Å². The molecule has 0 aliphatic carbocycles. The Morgan fingerprint density at radius 2 is 1.23 bits per heavy atom. The molecule has 2 fully saturated rings. The summed E-state index contributed by atoms with van der Waals surface area (Å²) in [5.74, 6) is 0. The molecule has 2 aliphatic heterocycles. The van der Waals surface area contributed by atoms with E-state index in [1.54, 1.807) is 27.3 Å². The van der Waals surface area contributed by atoms with Gasteiger partial charge in [-0.15, -0.1) is 0 Å². The molecule has 0 atom stereocenters. The third-order valence-corrected chi connectivity index (χ3v) is 30.1. The van der Waals surface area contributed by atoms with Crippen molar-refractivity contribution >= 4 is 42.9 Å². The second-order valence-corrected chi connectivity index (χ2v) is 32.2. The van der Waals surface area contributed by atoms with Crippen molar-refractivity contribution in [2.75, 3.05) is 32.7 Å². The van der Waals surface area contributed by atoms with Gasteiger partial charge >= 0.3 is 209 Å². The predicted molar refractivity (Wildman–Crippen MR) is 142 cm³/mol. The summed E-state index contributed by atoms with van der Waals surface area (Å²) in [5, 5.41) is 0. The van der Waals surface area contributed by atoms with Crippen LogP contribution in [0.5, 0.6) is 0 Å². The number of hydrogen-bond donors (Lipinski definition) is 0. The van der Waals surface area contributed by atoms with Gasteiger partial charge in [-0.3, -0.25) is 0 Å². The molecule has 0 aromatic carbocycles. The van der Waals surface area contributed by atoms with E-state index in [9.17, 15) is 0 Å². The summed E-state index contributed by atoms with van der Waals surface area (Å²) in [6, 6.07) is 0.765. The Kier molecular flexibility index (Phi) is 18.8. The summed E-state index contributed by atoms with van der Waals surface area (Å²) < 4.78 is 9.51. The standard InChI is InChI=1S/C10H21N.C9H19N.C4H9.C3H7.2In/c1-4-7-10-11(8-5-2)9-6-3;1-5-7-10(8-6-2)9(3)4;1-3-4-2;1-3-2;;/h2-10H2,1H3;9H,1-2,5-8H2,3-4H3;1,3-4H2,2H3;3H,1-2H3;;. The SMILES string of the molecule is CC(C)N1CC[CH2][In]([CH](C)C)[CH2]CC1.CCCCN1CC[CH2][In]([CH2]CCC)[CH2]CC1. The molecule has 4 heteroatoms. The van der Waals surface area contributed by atoms with Crippen molar-refractivity contribution < 1.29 is 0 Å². The van der Waals surface area contributed by atoms with Gasteiger partial charge < -0.3 is 0 Å². The Labute approximate surface area is 207 Å². The van der Waals surface area contributed by atoms with Gasteiger partial charge in [0.2, 0.25) is 0 Å². The van der Waals surface area contributed by atoms with Crippen molar-refractivity contribution in [1.82, 2.24) is 9.80 Å². The Morgan fingerprint density at radius 1 is 0.700 bits per heavy atom. The molecule has 0 N–H and O–H groups in total. The van der Waals surface area contributed by atoms with Crippen LogP contribution in [0.4, 0.5) is 0 Å². The van der Waals surface area contributed by atoms with Gasteiger partial charge in [-0.05, 0) is 0 Å². The zero-order chi connectivity index (χ0) is 22.2. The maximum absolute atomic E-state index is 2.73. The Morgan fingerprint density at radius 3 is 1.70 bits per heavy atom. The summed E-state index contributed by atoms with van der Waals surface area (Å²) in [5.41, 5.74) is 0. The minimum absolute atomic E-state index is 0.765. The second-order valence-electron chi connectivity index (χ2n) is 10.9. The topological polar surface area (TPSA) is 6.48 Å². The van der Waals surface area contributed by atoms with E-state index < -0.39 is 42.9 Å². The van der Waals surface area contributed by atoms with Gasteiger partial charge in [0, 0.05) is 0 Å². The first-order chi connectivity index (χ1) is 14.5. The Bertz CT molecular complexity index is 337. The van der Waals surface area contributed by atoms with Crippen molar-refractivity contribution in [3.63, 3.8) is 0 Å². The third kappa shape index (κ3) is 14.0. The van der Waals surface area contributed by atoms with E-state index in [2.05, 4.69) is 51.3 Å². The first-order valence-electron chi connectivity index (χ1n) is 13.9. The molecule has 30 heavy (non-hydrogen) atoms. The molecule has 2 heterocycles. The molecule has 176 valence electrons. The molecule has 0 aromatic rings. The zero-order valence-electron chi connectivity index (χ0n) is 21.9. The predicted octanol–water partition coefficient (Wildman–Crippen LogP) is 7.57. The zero-order valence-corrected chi connectivity index (χ0v) is 28.5. The second kappa shape index (κ2) is 19.0. The summed E-state index contributed by atoms with van der Waals surface area (Å²) in [6.45, 7) is 21.2. The van der Waals surface area contributed by atoms with E-state index in [0.717, 1.165) is 9.72 Å². The van der Waals surface area contributed by atoms with Gasteiger partial charge in [0.05, 0.1) is 0 Å². The number of hydrogen-bond acceptors (Lipinski definition) is 2.